The predicted octanol–water partition coefficient (Wildman–Crippen LogP) is 2.78. The van der Waals surface area contributed by atoms with Gasteiger partial charge in [-0.25, -0.2) is 0 Å². The Bertz CT molecular complexity index is 498. The third-order valence-electron chi connectivity index (χ3n) is 3.98. The molecular formula is C16H21NO3. The monoisotopic (exact) mass is 275 g/mol. The minimum Gasteiger partial charge on any atom is -0.481 e. The summed E-state index contributed by atoms with van der Waals surface area (Å²) in [5, 5.41) is 8.62. The van der Waals surface area contributed by atoms with Crippen molar-refractivity contribution in [1.29, 1.82) is 0 Å². The standard InChI is InChI=1S/C16H21NO3/c1-17(15(18)10-5-11-16(19)20)14-9-4-7-12-6-2-3-8-13(12)14/h2-3,6,8,14H,4-5,7,9-11H2,1H3,(H,19,20). The number of hydrogen-bond acceptors (Lipinski definition) is 2. The zero-order chi connectivity index (χ0) is 14.5. The summed E-state index contributed by atoms with van der Waals surface area (Å²) < 4.78 is 0. The van der Waals surface area contributed by atoms with Crippen LogP contribution in [0.1, 0.15) is 49.3 Å². The fourth-order valence-electron chi connectivity index (χ4n) is 2.87. The second kappa shape index (κ2) is 6.55. The summed E-state index contributed by atoms with van der Waals surface area (Å²) in [5.41, 5.74) is 2.57. The van der Waals surface area contributed by atoms with Crippen LogP contribution in [-0.4, -0.2) is 28.9 Å². The molecule has 1 aromatic rings. The molecule has 1 aliphatic rings. The number of nitrogens with zero attached hydrogens (tertiary/aromatic N) is 1. The third kappa shape index (κ3) is 3.38. The number of hydrogen-bond donors (Lipinski definition) is 1. The van der Waals surface area contributed by atoms with Crippen LogP contribution in [-0.2, 0) is 16.0 Å². The quantitative estimate of drug-likeness (QED) is 0.899. The van der Waals surface area contributed by atoms with Crippen molar-refractivity contribution in [1.82, 2.24) is 4.90 Å². The first-order valence-corrected chi connectivity index (χ1v) is 7.15. The summed E-state index contributed by atoms with van der Waals surface area (Å²) in [5.74, 6) is -0.809. The highest BCUT2D eigenvalue weighted by atomic mass is 16.4. The van der Waals surface area contributed by atoms with Gasteiger partial charge in [0.1, 0.15) is 0 Å². The smallest absolute Gasteiger partial charge is 0.303 e. The maximum absolute atomic E-state index is 12.2. The van der Waals surface area contributed by atoms with Gasteiger partial charge >= 0.3 is 5.97 Å². The Morgan fingerprint density at radius 1 is 1.30 bits per heavy atom. The SMILES string of the molecule is CN(C(=O)CCCC(=O)O)C1CCCc2ccccc21. The van der Waals surface area contributed by atoms with E-state index in [0.29, 0.717) is 12.8 Å². The fourth-order valence-corrected chi connectivity index (χ4v) is 2.87. The highest BCUT2D eigenvalue weighted by Crippen LogP contribution is 2.33. The summed E-state index contributed by atoms with van der Waals surface area (Å²) in [6.45, 7) is 0. The average Bonchev–Trinajstić information content (AvgIpc) is 2.45. The van der Waals surface area contributed by atoms with Crippen LogP contribution >= 0.6 is 0 Å². The highest BCUT2D eigenvalue weighted by molar-refractivity contribution is 5.77. The van der Waals surface area contributed by atoms with Gasteiger partial charge in [-0.15, -0.1) is 0 Å². The minimum absolute atomic E-state index is 0.0351. The van der Waals surface area contributed by atoms with Gasteiger partial charge < -0.3 is 10.0 Å². The Morgan fingerprint density at radius 2 is 2.05 bits per heavy atom. The van der Waals surface area contributed by atoms with E-state index in [0.717, 1.165) is 19.3 Å². The van der Waals surface area contributed by atoms with Gasteiger partial charge in [-0.2, -0.15) is 0 Å². The minimum atomic E-state index is -0.844. The number of carboxylic acids is 1. The lowest BCUT2D eigenvalue weighted by molar-refractivity contribution is -0.137. The average molecular weight is 275 g/mol. The molecule has 0 bridgehead atoms. The van der Waals surface area contributed by atoms with Gasteiger partial charge in [0.05, 0.1) is 6.04 Å². The van der Waals surface area contributed by atoms with E-state index in [2.05, 4.69) is 12.1 Å². The van der Waals surface area contributed by atoms with Gasteiger partial charge in [0.15, 0.2) is 0 Å². The number of aryl methyl sites for hydroxylation is 1. The number of fused-ring (bicyclic) bond motifs is 1. The van der Waals surface area contributed by atoms with Crippen LogP contribution < -0.4 is 0 Å². The largest absolute Gasteiger partial charge is 0.481 e. The molecule has 0 radical (unpaired) electrons. The van der Waals surface area contributed by atoms with Crippen molar-refractivity contribution in [3.63, 3.8) is 0 Å². The first-order valence-electron chi connectivity index (χ1n) is 7.15. The molecule has 0 aromatic heterocycles. The molecule has 4 heteroatoms. The second-order valence-corrected chi connectivity index (χ2v) is 5.36. The molecule has 4 nitrogen and oxygen atoms in total. The Balaban J connectivity index is 2.01. The summed E-state index contributed by atoms with van der Waals surface area (Å²) in [6, 6.07) is 8.41. The van der Waals surface area contributed by atoms with Gasteiger partial charge in [-0.05, 0) is 36.8 Å². The number of amides is 1. The molecular weight excluding hydrogens is 254 g/mol. The van der Waals surface area contributed by atoms with Gasteiger partial charge in [-0.1, -0.05) is 24.3 Å². The van der Waals surface area contributed by atoms with Crippen molar-refractivity contribution in [3.05, 3.63) is 35.4 Å². The zero-order valence-electron chi connectivity index (χ0n) is 11.8. The summed E-state index contributed by atoms with van der Waals surface area (Å²) >= 11 is 0. The maximum atomic E-state index is 12.2. The molecule has 1 unspecified atom stereocenters. The number of aliphatic carboxylic acids is 1. The van der Waals surface area contributed by atoms with E-state index in [-0.39, 0.29) is 18.4 Å². The van der Waals surface area contributed by atoms with Crippen molar-refractivity contribution < 1.29 is 14.7 Å². The summed E-state index contributed by atoms with van der Waals surface area (Å²) in [6.07, 6.45) is 3.93. The molecule has 1 amide bonds. The zero-order valence-corrected chi connectivity index (χ0v) is 11.8. The molecule has 1 N–H and O–H groups in total. The topological polar surface area (TPSA) is 57.6 Å². The highest BCUT2D eigenvalue weighted by Gasteiger charge is 2.26. The van der Waals surface area contributed by atoms with Crippen LogP contribution in [0, 0.1) is 0 Å². The Labute approximate surface area is 119 Å². The van der Waals surface area contributed by atoms with Crippen LogP contribution in [0.15, 0.2) is 24.3 Å². The molecule has 0 saturated carbocycles. The van der Waals surface area contributed by atoms with Gasteiger partial charge in [0.2, 0.25) is 5.91 Å². The Hall–Kier alpha value is -1.84. The number of carboxylic acid groups (broad SMARTS) is 1. The first kappa shape index (κ1) is 14.6. The lowest BCUT2D eigenvalue weighted by Crippen LogP contribution is -2.33. The molecule has 0 fully saturated rings. The maximum Gasteiger partial charge on any atom is 0.303 e. The van der Waals surface area contributed by atoms with Crippen LogP contribution in [0.25, 0.3) is 0 Å². The van der Waals surface area contributed by atoms with Crippen molar-refractivity contribution >= 4 is 11.9 Å². The molecule has 0 aliphatic heterocycles. The lowest BCUT2D eigenvalue weighted by atomic mass is 9.87. The number of benzene rings is 1. The first-order chi connectivity index (χ1) is 9.59. The van der Waals surface area contributed by atoms with E-state index in [1.54, 1.807) is 4.90 Å². The van der Waals surface area contributed by atoms with Crippen molar-refractivity contribution in [2.24, 2.45) is 0 Å². The molecule has 0 heterocycles. The predicted molar refractivity (Wildman–Crippen MR) is 76.4 cm³/mol. The molecule has 1 aromatic carbocycles. The van der Waals surface area contributed by atoms with Gasteiger partial charge in [0.25, 0.3) is 0 Å². The normalized spacial score (nSPS) is 17.4. The van der Waals surface area contributed by atoms with Crippen LogP contribution in [0.5, 0.6) is 0 Å². The van der Waals surface area contributed by atoms with Crippen molar-refractivity contribution in [2.45, 2.75) is 44.6 Å². The molecule has 2 rings (SSSR count). The molecule has 0 spiro atoms. The van der Waals surface area contributed by atoms with E-state index in [9.17, 15) is 9.59 Å². The van der Waals surface area contributed by atoms with E-state index in [1.165, 1.54) is 11.1 Å². The molecule has 0 saturated heterocycles. The number of rotatable bonds is 5. The van der Waals surface area contributed by atoms with Crippen molar-refractivity contribution in [2.75, 3.05) is 7.05 Å². The fraction of sp³-hybridized carbons (Fsp3) is 0.500. The van der Waals surface area contributed by atoms with Gasteiger partial charge in [0, 0.05) is 19.9 Å². The second-order valence-electron chi connectivity index (χ2n) is 5.36. The molecule has 1 atom stereocenters. The van der Waals surface area contributed by atoms with E-state index in [4.69, 9.17) is 5.11 Å². The Morgan fingerprint density at radius 3 is 2.80 bits per heavy atom. The van der Waals surface area contributed by atoms with Crippen LogP contribution in [0.4, 0.5) is 0 Å². The Kier molecular flexibility index (Phi) is 4.77. The van der Waals surface area contributed by atoms with E-state index >= 15 is 0 Å². The molecule has 20 heavy (non-hydrogen) atoms. The van der Waals surface area contributed by atoms with E-state index in [1.807, 2.05) is 19.2 Å². The lowest BCUT2D eigenvalue weighted by Gasteiger charge is -2.33. The van der Waals surface area contributed by atoms with Crippen molar-refractivity contribution in [3.8, 4) is 0 Å². The third-order valence-corrected chi connectivity index (χ3v) is 3.98. The number of carbonyl (C=O) groups is 2. The van der Waals surface area contributed by atoms with E-state index < -0.39 is 5.97 Å². The van der Waals surface area contributed by atoms with Crippen LogP contribution in [0.2, 0.25) is 0 Å². The summed E-state index contributed by atoms with van der Waals surface area (Å²) in [4.78, 5) is 24.4. The van der Waals surface area contributed by atoms with Gasteiger partial charge in [-0.3, -0.25) is 9.59 Å². The molecule has 1 aliphatic carbocycles. The molecule has 108 valence electrons. The van der Waals surface area contributed by atoms with Crippen LogP contribution in [0.3, 0.4) is 0 Å². The summed E-state index contributed by atoms with van der Waals surface area (Å²) in [7, 11) is 1.83. The number of carbonyl (C=O) groups excluding carboxylic acids is 1.